The SMILES string of the molecule is Cc1ccc(-n2c(SCC(=O)N[C@@H](C)C3CC3)nnc2N2CCCC2)cc1. The fraction of sp³-hybridized carbons (Fsp3) is 0.550. The molecular formula is C20H27N5OS. The minimum absolute atomic E-state index is 0.0700. The summed E-state index contributed by atoms with van der Waals surface area (Å²) in [5, 5.41) is 12.8. The minimum atomic E-state index is 0.0700. The molecule has 6 nitrogen and oxygen atoms in total. The Kier molecular flexibility index (Phi) is 5.38. The Bertz CT molecular complexity index is 793. The highest BCUT2D eigenvalue weighted by Crippen LogP contribution is 2.32. The third-order valence-corrected chi connectivity index (χ3v) is 6.28. The largest absolute Gasteiger partial charge is 0.353 e. The number of rotatable bonds is 7. The molecule has 1 aromatic carbocycles. The smallest absolute Gasteiger partial charge is 0.232 e. The average molecular weight is 386 g/mol. The molecule has 1 amide bonds. The number of thioether (sulfide) groups is 1. The van der Waals surface area contributed by atoms with Gasteiger partial charge in [0.25, 0.3) is 0 Å². The molecule has 1 saturated carbocycles. The van der Waals surface area contributed by atoms with Crippen molar-refractivity contribution in [3.8, 4) is 5.69 Å². The van der Waals surface area contributed by atoms with Gasteiger partial charge in [0.05, 0.1) is 11.4 Å². The minimum Gasteiger partial charge on any atom is -0.353 e. The molecule has 27 heavy (non-hydrogen) atoms. The molecule has 4 rings (SSSR count). The van der Waals surface area contributed by atoms with E-state index in [4.69, 9.17) is 0 Å². The van der Waals surface area contributed by atoms with Crippen molar-refractivity contribution in [2.45, 2.75) is 50.7 Å². The predicted molar refractivity (Wildman–Crippen MR) is 109 cm³/mol. The molecule has 1 atom stereocenters. The van der Waals surface area contributed by atoms with Gasteiger partial charge in [-0.1, -0.05) is 29.5 Å². The van der Waals surface area contributed by atoms with Crippen LogP contribution < -0.4 is 10.2 Å². The Morgan fingerprint density at radius 3 is 2.59 bits per heavy atom. The van der Waals surface area contributed by atoms with E-state index >= 15 is 0 Å². The second-order valence-corrected chi connectivity index (χ2v) is 8.57. The fourth-order valence-corrected chi connectivity index (χ4v) is 4.30. The zero-order valence-corrected chi connectivity index (χ0v) is 16.8. The summed E-state index contributed by atoms with van der Waals surface area (Å²) in [7, 11) is 0. The molecule has 0 spiro atoms. The van der Waals surface area contributed by atoms with Crippen LogP contribution in [0.15, 0.2) is 29.4 Å². The molecule has 1 aliphatic carbocycles. The number of amides is 1. The second-order valence-electron chi connectivity index (χ2n) is 7.63. The van der Waals surface area contributed by atoms with E-state index < -0.39 is 0 Å². The highest BCUT2D eigenvalue weighted by molar-refractivity contribution is 7.99. The summed E-state index contributed by atoms with van der Waals surface area (Å²) < 4.78 is 2.09. The van der Waals surface area contributed by atoms with Gasteiger partial charge in [0.1, 0.15) is 0 Å². The van der Waals surface area contributed by atoms with E-state index in [0.717, 1.165) is 29.9 Å². The van der Waals surface area contributed by atoms with Crippen LogP contribution in [0.1, 0.15) is 38.2 Å². The quantitative estimate of drug-likeness (QED) is 0.742. The standard InChI is InChI=1S/C20H27N5OS/c1-14-5-9-17(10-6-14)25-19(24-11-3-4-12-24)22-23-20(25)27-13-18(26)21-15(2)16-7-8-16/h5-6,9-10,15-16H,3-4,7-8,11-13H2,1-2H3,(H,21,26)/t15-/m0/s1. The van der Waals surface area contributed by atoms with Gasteiger partial charge in [-0.05, 0) is 57.6 Å². The first kappa shape index (κ1) is 18.3. The van der Waals surface area contributed by atoms with Gasteiger partial charge in [0.15, 0.2) is 5.16 Å². The van der Waals surface area contributed by atoms with E-state index in [1.54, 1.807) is 0 Å². The summed E-state index contributed by atoms with van der Waals surface area (Å²) in [5.74, 6) is 1.98. The maximum atomic E-state index is 12.3. The lowest BCUT2D eigenvalue weighted by Gasteiger charge is -2.18. The molecule has 2 fully saturated rings. The van der Waals surface area contributed by atoms with Gasteiger partial charge in [-0.2, -0.15) is 0 Å². The Balaban J connectivity index is 1.52. The van der Waals surface area contributed by atoms with Crippen molar-refractivity contribution in [1.29, 1.82) is 0 Å². The Labute approximate surface area is 164 Å². The summed E-state index contributed by atoms with van der Waals surface area (Å²) in [6, 6.07) is 8.66. The topological polar surface area (TPSA) is 63.1 Å². The molecule has 0 unspecified atom stereocenters. The van der Waals surface area contributed by atoms with Crippen molar-refractivity contribution in [2.24, 2.45) is 5.92 Å². The van der Waals surface area contributed by atoms with Gasteiger partial charge in [-0.25, -0.2) is 0 Å². The van der Waals surface area contributed by atoms with Crippen molar-refractivity contribution >= 4 is 23.6 Å². The van der Waals surface area contributed by atoms with E-state index in [1.165, 1.54) is 43.0 Å². The van der Waals surface area contributed by atoms with Gasteiger partial charge in [-0.15, -0.1) is 10.2 Å². The lowest BCUT2D eigenvalue weighted by molar-refractivity contribution is -0.119. The van der Waals surface area contributed by atoms with Crippen LogP contribution in [0.3, 0.4) is 0 Å². The number of carbonyl (C=O) groups is 1. The molecule has 7 heteroatoms. The summed E-state index contributed by atoms with van der Waals surface area (Å²) >= 11 is 1.46. The number of anilines is 1. The Hall–Kier alpha value is -2.02. The normalized spacial score (nSPS) is 17.9. The van der Waals surface area contributed by atoms with E-state index in [2.05, 4.69) is 63.1 Å². The Morgan fingerprint density at radius 2 is 1.93 bits per heavy atom. The number of hydrogen-bond acceptors (Lipinski definition) is 5. The van der Waals surface area contributed by atoms with Crippen LogP contribution in [0.25, 0.3) is 5.69 Å². The highest BCUT2D eigenvalue weighted by Gasteiger charge is 2.29. The highest BCUT2D eigenvalue weighted by atomic mass is 32.2. The molecule has 0 radical (unpaired) electrons. The number of nitrogens with one attached hydrogen (secondary N) is 1. The number of aryl methyl sites for hydroxylation is 1. The van der Waals surface area contributed by atoms with E-state index in [1.807, 2.05) is 0 Å². The zero-order chi connectivity index (χ0) is 18.8. The summed E-state index contributed by atoms with van der Waals surface area (Å²) in [6.07, 6.45) is 4.83. The summed E-state index contributed by atoms with van der Waals surface area (Å²) in [6.45, 7) is 6.20. The lowest BCUT2D eigenvalue weighted by atomic mass is 10.2. The first-order valence-electron chi connectivity index (χ1n) is 9.81. The lowest BCUT2D eigenvalue weighted by Crippen LogP contribution is -2.35. The maximum Gasteiger partial charge on any atom is 0.232 e. The number of benzene rings is 1. The van der Waals surface area contributed by atoms with Gasteiger partial charge in [0, 0.05) is 19.1 Å². The second kappa shape index (κ2) is 7.92. The molecule has 1 N–H and O–H groups in total. The van der Waals surface area contributed by atoms with Crippen LogP contribution in [0.2, 0.25) is 0 Å². The third kappa shape index (κ3) is 4.29. The van der Waals surface area contributed by atoms with Crippen LogP contribution in [0.4, 0.5) is 5.95 Å². The first-order chi connectivity index (χ1) is 13.1. The van der Waals surface area contributed by atoms with E-state index in [-0.39, 0.29) is 11.9 Å². The molecule has 2 aliphatic rings. The molecule has 1 aliphatic heterocycles. The van der Waals surface area contributed by atoms with Crippen molar-refractivity contribution in [2.75, 3.05) is 23.7 Å². The molecule has 2 heterocycles. The molecule has 0 bridgehead atoms. The molecule has 1 saturated heterocycles. The average Bonchev–Trinajstić information content (AvgIpc) is 3.21. The van der Waals surface area contributed by atoms with Crippen molar-refractivity contribution in [3.63, 3.8) is 0 Å². The number of carbonyl (C=O) groups excluding carboxylic acids is 1. The van der Waals surface area contributed by atoms with Crippen LogP contribution in [0, 0.1) is 12.8 Å². The van der Waals surface area contributed by atoms with Crippen LogP contribution in [-0.2, 0) is 4.79 Å². The molecule has 144 valence electrons. The van der Waals surface area contributed by atoms with Gasteiger partial charge in [0.2, 0.25) is 11.9 Å². The summed E-state index contributed by atoms with van der Waals surface area (Å²) in [4.78, 5) is 14.6. The van der Waals surface area contributed by atoms with E-state index in [9.17, 15) is 4.79 Å². The van der Waals surface area contributed by atoms with Crippen LogP contribution >= 0.6 is 11.8 Å². The van der Waals surface area contributed by atoms with Gasteiger partial charge >= 0.3 is 0 Å². The molecule has 1 aromatic heterocycles. The van der Waals surface area contributed by atoms with E-state index in [0.29, 0.717) is 11.7 Å². The Morgan fingerprint density at radius 1 is 1.22 bits per heavy atom. The van der Waals surface area contributed by atoms with Gasteiger partial charge < -0.3 is 10.2 Å². The number of hydrogen-bond donors (Lipinski definition) is 1. The molecule has 2 aromatic rings. The fourth-order valence-electron chi connectivity index (χ4n) is 3.54. The van der Waals surface area contributed by atoms with Crippen molar-refractivity contribution < 1.29 is 4.79 Å². The van der Waals surface area contributed by atoms with Crippen molar-refractivity contribution in [3.05, 3.63) is 29.8 Å². The maximum absolute atomic E-state index is 12.3. The number of nitrogens with zero attached hydrogens (tertiary/aromatic N) is 4. The van der Waals surface area contributed by atoms with Crippen LogP contribution in [-0.4, -0.2) is 45.6 Å². The zero-order valence-electron chi connectivity index (χ0n) is 16.0. The first-order valence-corrected chi connectivity index (χ1v) is 10.8. The van der Waals surface area contributed by atoms with Gasteiger partial charge in [-0.3, -0.25) is 9.36 Å². The van der Waals surface area contributed by atoms with Crippen molar-refractivity contribution in [1.82, 2.24) is 20.1 Å². The summed E-state index contributed by atoms with van der Waals surface area (Å²) in [5.41, 5.74) is 2.26. The van der Waals surface area contributed by atoms with Crippen LogP contribution in [0.5, 0.6) is 0 Å². The predicted octanol–water partition coefficient (Wildman–Crippen LogP) is 3.18. The molecular weight excluding hydrogens is 358 g/mol. The monoisotopic (exact) mass is 385 g/mol. The number of aromatic nitrogens is 3. The third-order valence-electron chi connectivity index (χ3n) is 5.35.